The van der Waals surface area contributed by atoms with Gasteiger partial charge in [0.1, 0.15) is 6.61 Å². The minimum Gasteiger partial charge on any atom is -0.445 e. The zero-order valence-corrected chi connectivity index (χ0v) is 18.1. The molecule has 0 spiro atoms. The number of piperazine rings is 1. The summed E-state index contributed by atoms with van der Waals surface area (Å²) in [5.41, 5.74) is 0.712. The Labute approximate surface area is 174 Å². The van der Waals surface area contributed by atoms with Crippen molar-refractivity contribution in [2.24, 2.45) is 11.3 Å². The molecule has 1 aromatic carbocycles. The minimum absolute atomic E-state index is 0.207. The van der Waals surface area contributed by atoms with Gasteiger partial charge in [0.15, 0.2) is 0 Å². The van der Waals surface area contributed by atoms with E-state index in [1.165, 1.54) is 0 Å². The third-order valence-electron chi connectivity index (χ3n) is 5.90. The summed E-state index contributed by atoms with van der Waals surface area (Å²) in [4.78, 5) is 31.0. The SMILES string of the molecule is CC(C)(C)C(=O)N1CCN(CC2CCN(C(=O)OCc3ccccc3)CC2)CC1. The van der Waals surface area contributed by atoms with Crippen molar-refractivity contribution in [2.45, 2.75) is 40.2 Å². The molecule has 2 amide bonds. The van der Waals surface area contributed by atoms with Crippen molar-refractivity contribution in [1.29, 1.82) is 0 Å². The van der Waals surface area contributed by atoms with Crippen LogP contribution in [0.5, 0.6) is 0 Å². The average molecular weight is 402 g/mol. The number of amides is 2. The third-order valence-corrected chi connectivity index (χ3v) is 5.90. The molecule has 0 aromatic heterocycles. The molecule has 0 unspecified atom stereocenters. The number of likely N-dealkylation sites (tertiary alicyclic amines) is 1. The van der Waals surface area contributed by atoms with Gasteiger partial charge in [0.2, 0.25) is 5.91 Å². The molecule has 160 valence electrons. The predicted octanol–water partition coefficient (Wildman–Crippen LogP) is 3.23. The van der Waals surface area contributed by atoms with Crippen LogP contribution in [0.3, 0.4) is 0 Å². The van der Waals surface area contributed by atoms with Gasteiger partial charge in [0.25, 0.3) is 0 Å². The van der Waals surface area contributed by atoms with Gasteiger partial charge in [-0.05, 0) is 24.3 Å². The van der Waals surface area contributed by atoms with Gasteiger partial charge in [-0.3, -0.25) is 9.69 Å². The summed E-state index contributed by atoms with van der Waals surface area (Å²) in [6, 6.07) is 9.79. The highest BCUT2D eigenvalue weighted by Gasteiger charge is 2.31. The van der Waals surface area contributed by atoms with Gasteiger partial charge in [-0.1, -0.05) is 51.1 Å². The van der Waals surface area contributed by atoms with Gasteiger partial charge in [-0.25, -0.2) is 4.79 Å². The van der Waals surface area contributed by atoms with E-state index in [4.69, 9.17) is 4.74 Å². The highest BCUT2D eigenvalue weighted by atomic mass is 16.6. The number of piperidine rings is 1. The Bertz CT molecular complexity index is 670. The van der Waals surface area contributed by atoms with Crippen LogP contribution in [0.2, 0.25) is 0 Å². The summed E-state index contributed by atoms with van der Waals surface area (Å²) in [5.74, 6) is 0.859. The molecule has 0 N–H and O–H groups in total. The maximum absolute atomic E-state index is 12.4. The summed E-state index contributed by atoms with van der Waals surface area (Å²) >= 11 is 0. The second kappa shape index (κ2) is 9.61. The van der Waals surface area contributed by atoms with Crippen LogP contribution in [0.1, 0.15) is 39.2 Å². The monoisotopic (exact) mass is 401 g/mol. The number of benzene rings is 1. The molecule has 29 heavy (non-hydrogen) atoms. The van der Waals surface area contributed by atoms with E-state index in [2.05, 4.69) is 4.90 Å². The van der Waals surface area contributed by atoms with Gasteiger partial charge >= 0.3 is 6.09 Å². The van der Waals surface area contributed by atoms with Crippen molar-refractivity contribution in [1.82, 2.24) is 14.7 Å². The summed E-state index contributed by atoms with van der Waals surface area (Å²) in [7, 11) is 0. The second-order valence-electron chi connectivity index (χ2n) is 9.31. The number of hydrogen-bond acceptors (Lipinski definition) is 4. The fraction of sp³-hybridized carbons (Fsp3) is 0.652. The normalized spacial score (nSPS) is 19.3. The molecule has 3 rings (SSSR count). The van der Waals surface area contributed by atoms with Gasteiger partial charge in [-0.2, -0.15) is 0 Å². The van der Waals surface area contributed by atoms with E-state index in [0.29, 0.717) is 12.5 Å². The van der Waals surface area contributed by atoms with E-state index in [9.17, 15) is 9.59 Å². The van der Waals surface area contributed by atoms with Crippen LogP contribution in [-0.4, -0.2) is 72.5 Å². The number of rotatable bonds is 4. The highest BCUT2D eigenvalue weighted by Crippen LogP contribution is 2.22. The van der Waals surface area contributed by atoms with Crippen molar-refractivity contribution >= 4 is 12.0 Å². The molecule has 0 aliphatic carbocycles. The Hall–Kier alpha value is -2.08. The number of nitrogens with zero attached hydrogens (tertiary/aromatic N) is 3. The fourth-order valence-electron chi connectivity index (χ4n) is 4.08. The van der Waals surface area contributed by atoms with E-state index < -0.39 is 0 Å². The highest BCUT2D eigenvalue weighted by molar-refractivity contribution is 5.81. The lowest BCUT2D eigenvalue weighted by Gasteiger charge is -2.40. The first-order chi connectivity index (χ1) is 13.8. The minimum atomic E-state index is -0.301. The van der Waals surface area contributed by atoms with Gasteiger partial charge in [0, 0.05) is 51.2 Å². The molecular formula is C23H35N3O3. The number of ether oxygens (including phenoxy) is 1. The van der Waals surface area contributed by atoms with Crippen LogP contribution in [0.4, 0.5) is 4.79 Å². The maximum Gasteiger partial charge on any atom is 0.410 e. The number of carbonyl (C=O) groups excluding carboxylic acids is 2. The van der Waals surface area contributed by atoms with Crippen molar-refractivity contribution < 1.29 is 14.3 Å². The lowest BCUT2D eigenvalue weighted by molar-refractivity contribution is -0.141. The molecule has 6 nitrogen and oxygen atoms in total. The Morgan fingerprint density at radius 1 is 0.931 bits per heavy atom. The van der Waals surface area contributed by atoms with Crippen LogP contribution in [0.15, 0.2) is 30.3 Å². The average Bonchev–Trinajstić information content (AvgIpc) is 2.73. The third kappa shape index (κ3) is 6.20. The van der Waals surface area contributed by atoms with Crippen LogP contribution in [-0.2, 0) is 16.1 Å². The molecule has 2 aliphatic rings. The van der Waals surface area contributed by atoms with Gasteiger partial charge in [-0.15, -0.1) is 0 Å². The zero-order chi connectivity index (χ0) is 20.9. The predicted molar refractivity (Wildman–Crippen MR) is 113 cm³/mol. The smallest absolute Gasteiger partial charge is 0.410 e. The van der Waals surface area contributed by atoms with Crippen molar-refractivity contribution in [2.75, 3.05) is 45.8 Å². The van der Waals surface area contributed by atoms with Crippen LogP contribution < -0.4 is 0 Å². The molecule has 0 saturated carbocycles. The molecule has 6 heteroatoms. The first kappa shape index (κ1) is 21.6. The Morgan fingerprint density at radius 2 is 1.55 bits per heavy atom. The lowest BCUT2D eigenvalue weighted by atomic mass is 9.94. The van der Waals surface area contributed by atoms with Crippen molar-refractivity contribution in [3.63, 3.8) is 0 Å². The Morgan fingerprint density at radius 3 is 2.14 bits per heavy atom. The molecule has 2 saturated heterocycles. The van der Waals surface area contributed by atoms with E-state index >= 15 is 0 Å². The quantitative estimate of drug-likeness (QED) is 0.777. The lowest BCUT2D eigenvalue weighted by Crippen LogP contribution is -2.53. The van der Waals surface area contributed by atoms with Crippen molar-refractivity contribution in [3.05, 3.63) is 35.9 Å². The standard InChI is InChI=1S/C23H35N3O3/c1-23(2,3)21(27)25-15-13-24(14-16-25)17-19-9-11-26(12-10-19)22(28)29-18-20-7-5-4-6-8-20/h4-8,19H,9-18H2,1-3H3. The Balaban J connectivity index is 1.35. The molecule has 1 aromatic rings. The first-order valence-corrected chi connectivity index (χ1v) is 10.8. The van der Waals surface area contributed by atoms with E-state index in [0.717, 1.165) is 64.2 Å². The molecule has 2 heterocycles. The Kier molecular flexibility index (Phi) is 7.17. The van der Waals surface area contributed by atoms with E-state index in [-0.39, 0.29) is 17.4 Å². The summed E-state index contributed by atoms with van der Waals surface area (Å²) < 4.78 is 5.45. The van der Waals surface area contributed by atoms with Crippen molar-refractivity contribution in [3.8, 4) is 0 Å². The molecule has 2 aliphatic heterocycles. The topological polar surface area (TPSA) is 53.1 Å². The van der Waals surface area contributed by atoms with E-state index in [1.807, 2.05) is 60.9 Å². The fourth-order valence-corrected chi connectivity index (χ4v) is 4.08. The molecule has 0 bridgehead atoms. The van der Waals surface area contributed by atoms with E-state index in [1.54, 1.807) is 0 Å². The zero-order valence-electron chi connectivity index (χ0n) is 18.1. The maximum atomic E-state index is 12.4. The largest absolute Gasteiger partial charge is 0.445 e. The van der Waals surface area contributed by atoms with Crippen LogP contribution in [0.25, 0.3) is 0 Å². The summed E-state index contributed by atoms with van der Waals surface area (Å²) in [5, 5.41) is 0. The molecule has 0 radical (unpaired) electrons. The van der Waals surface area contributed by atoms with Crippen LogP contribution >= 0.6 is 0 Å². The van der Waals surface area contributed by atoms with Gasteiger partial charge < -0.3 is 14.5 Å². The number of hydrogen-bond donors (Lipinski definition) is 0. The van der Waals surface area contributed by atoms with Gasteiger partial charge in [0.05, 0.1) is 0 Å². The summed E-state index contributed by atoms with van der Waals surface area (Å²) in [6.45, 7) is 12.4. The number of carbonyl (C=O) groups is 2. The van der Waals surface area contributed by atoms with Crippen LogP contribution in [0, 0.1) is 11.3 Å². The first-order valence-electron chi connectivity index (χ1n) is 10.8. The molecule has 2 fully saturated rings. The summed E-state index contributed by atoms with van der Waals surface area (Å²) in [6.07, 6.45) is 1.82. The molecule has 0 atom stereocenters. The second-order valence-corrected chi connectivity index (χ2v) is 9.31. The molecular weight excluding hydrogens is 366 g/mol.